The van der Waals surface area contributed by atoms with E-state index in [1.54, 1.807) is 6.20 Å². The van der Waals surface area contributed by atoms with Gasteiger partial charge in [-0.1, -0.05) is 23.7 Å². The van der Waals surface area contributed by atoms with Crippen molar-refractivity contribution in [3.05, 3.63) is 52.8 Å². The summed E-state index contributed by atoms with van der Waals surface area (Å²) < 4.78 is 4.91. The van der Waals surface area contributed by atoms with Gasteiger partial charge in [-0.25, -0.2) is 4.98 Å². The average Bonchev–Trinajstić information content (AvgIpc) is 2.92. The molecule has 0 bridgehead atoms. The van der Waals surface area contributed by atoms with Crippen molar-refractivity contribution < 1.29 is 0 Å². The van der Waals surface area contributed by atoms with Crippen molar-refractivity contribution in [1.82, 2.24) is 13.5 Å². The number of aromatic nitrogens is 3. The number of benzene rings is 1. The molecule has 3 aromatic rings. The number of nitrogens with zero attached hydrogens (tertiary/aromatic N) is 3. The van der Waals surface area contributed by atoms with Gasteiger partial charge in [0.15, 0.2) is 0 Å². The van der Waals surface area contributed by atoms with Crippen LogP contribution in [0.1, 0.15) is 5.82 Å². The number of imidazole rings is 1. The van der Waals surface area contributed by atoms with Gasteiger partial charge < -0.3 is 4.57 Å². The van der Waals surface area contributed by atoms with E-state index in [2.05, 4.69) is 9.55 Å². The molecule has 4 nitrogen and oxygen atoms in total. The van der Waals surface area contributed by atoms with Crippen molar-refractivity contribution in [2.24, 2.45) is 0 Å². The second-order valence-electron chi connectivity index (χ2n) is 4.16. The number of fused-ring (bicyclic) bond motifs is 1. The minimum Gasteiger partial charge on any atom is -0.333 e. The lowest BCUT2D eigenvalue weighted by atomic mass is 10.3. The summed E-state index contributed by atoms with van der Waals surface area (Å²) in [5, 5.41) is 0.810. The van der Waals surface area contributed by atoms with Crippen LogP contribution in [0.5, 0.6) is 0 Å². The van der Waals surface area contributed by atoms with Crippen molar-refractivity contribution in [2.45, 2.75) is 20.0 Å². The molecule has 92 valence electrons. The van der Waals surface area contributed by atoms with Crippen LogP contribution >= 0.6 is 11.5 Å². The first-order valence-corrected chi connectivity index (χ1v) is 6.59. The molecule has 2 aromatic heterocycles. The smallest absolute Gasteiger partial charge is 0.268 e. The molecule has 0 unspecified atom stereocenters. The third kappa shape index (κ3) is 1.86. The summed E-state index contributed by atoms with van der Waals surface area (Å²) in [6, 6.07) is 7.73. The highest BCUT2D eigenvalue weighted by molar-refractivity contribution is 7.13. The predicted octanol–water partition coefficient (Wildman–Crippen LogP) is 2.27. The first-order valence-electron chi connectivity index (χ1n) is 5.82. The molecule has 0 aliphatic rings. The highest BCUT2D eigenvalue weighted by Gasteiger charge is 2.06. The molecule has 0 saturated heterocycles. The van der Waals surface area contributed by atoms with Crippen molar-refractivity contribution >= 4 is 21.6 Å². The third-order valence-electron chi connectivity index (χ3n) is 3.02. The van der Waals surface area contributed by atoms with Gasteiger partial charge in [0.05, 0.1) is 16.6 Å². The second-order valence-corrected chi connectivity index (χ2v) is 5.23. The van der Waals surface area contributed by atoms with Gasteiger partial charge in [-0.15, -0.1) is 0 Å². The highest BCUT2D eigenvalue weighted by Crippen LogP contribution is 2.15. The summed E-state index contributed by atoms with van der Waals surface area (Å²) in [6.07, 6.45) is 3.72. The van der Waals surface area contributed by atoms with Crippen molar-refractivity contribution in [3.8, 4) is 0 Å². The van der Waals surface area contributed by atoms with Gasteiger partial charge in [-0.05, 0) is 19.1 Å². The van der Waals surface area contributed by atoms with Gasteiger partial charge in [0.1, 0.15) is 5.82 Å². The largest absolute Gasteiger partial charge is 0.333 e. The van der Waals surface area contributed by atoms with Crippen LogP contribution in [0.2, 0.25) is 0 Å². The predicted molar refractivity (Wildman–Crippen MR) is 73.0 cm³/mol. The SMILES string of the molecule is Cc1nccn1CCn1sc2ccccc2c1=O. The first-order chi connectivity index (χ1) is 8.75. The highest BCUT2D eigenvalue weighted by atomic mass is 32.1. The minimum absolute atomic E-state index is 0.105. The standard InChI is InChI=1S/C13H13N3OS/c1-10-14-6-7-15(10)8-9-16-13(17)11-4-2-3-5-12(11)18-16/h2-7H,8-9H2,1H3. The maximum absolute atomic E-state index is 12.1. The molecule has 2 heterocycles. The lowest BCUT2D eigenvalue weighted by Crippen LogP contribution is -2.16. The van der Waals surface area contributed by atoms with Gasteiger partial charge in [0, 0.05) is 18.9 Å². The zero-order valence-electron chi connectivity index (χ0n) is 10.0. The third-order valence-corrected chi connectivity index (χ3v) is 4.14. The van der Waals surface area contributed by atoms with Crippen LogP contribution in [-0.2, 0) is 13.1 Å². The molecule has 3 rings (SSSR count). The Hall–Kier alpha value is -1.88. The molecule has 18 heavy (non-hydrogen) atoms. The summed E-state index contributed by atoms with van der Waals surface area (Å²) in [4.78, 5) is 16.3. The van der Waals surface area contributed by atoms with Crippen LogP contribution in [0.3, 0.4) is 0 Å². The Balaban J connectivity index is 1.89. The van der Waals surface area contributed by atoms with E-state index >= 15 is 0 Å². The molecule has 1 aromatic carbocycles. The van der Waals surface area contributed by atoms with Gasteiger partial charge in [0.2, 0.25) is 0 Å². The van der Waals surface area contributed by atoms with Gasteiger partial charge in [-0.3, -0.25) is 8.75 Å². The van der Waals surface area contributed by atoms with E-state index in [0.717, 1.165) is 22.5 Å². The van der Waals surface area contributed by atoms with Gasteiger partial charge in [0.25, 0.3) is 5.56 Å². The number of rotatable bonds is 3. The maximum atomic E-state index is 12.1. The summed E-state index contributed by atoms with van der Waals surface area (Å²) in [7, 11) is 0. The van der Waals surface area contributed by atoms with Crippen molar-refractivity contribution in [3.63, 3.8) is 0 Å². The number of aryl methyl sites for hydroxylation is 3. The topological polar surface area (TPSA) is 39.8 Å². The summed E-state index contributed by atoms with van der Waals surface area (Å²) in [6.45, 7) is 3.43. The molecule has 0 spiro atoms. The zero-order valence-corrected chi connectivity index (χ0v) is 10.9. The molecule has 0 saturated carbocycles. The fraction of sp³-hybridized carbons (Fsp3) is 0.231. The summed E-state index contributed by atoms with van der Waals surface area (Å²) in [5.74, 6) is 0.976. The zero-order chi connectivity index (χ0) is 12.5. The van der Waals surface area contributed by atoms with Crippen LogP contribution in [0.25, 0.3) is 10.1 Å². The summed E-state index contributed by atoms with van der Waals surface area (Å²) in [5.41, 5.74) is 0.105. The van der Waals surface area contributed by atoms with Crippen LogP contribution < -0.4 is 5.56 Å². The quantitative estimate of drug-likeness (QED) is 0.724. The van der Waals surface area contributed by atoms with Crippen LogP contribution in [0, 0.1) is 6.92 Å². The Morgan fingerprint density at radius 2 is 2.11 bits per heavy atom. The fourth-order valence-corrected chi connectivity index (χ4v) is 2.99. The van der Waals surface area contributed by atoms with Crippen LogP contribution in [0.4, 0.5) is 0 Å². The Morgan fingerprint density at radius 1 is 1.28 bits per heavy atom. The molecular formula is C13H13N3OS. The Bertz CT molecular complexity index is 738. The summed E-state index contributed by atoms with van der Waals surface area (Å²) >= 11 is 1.52. The van der Waals surface area contributed by atoms with E-state index < -0.39 is 0 Å². The van der Waals surface area contributed by atoms with Gasteiger partial charge in [-0.2, -0.15) is 0 Å². The van der Waals surface area contributed by atoms with E-state index in [4.69, 9.17) is 0 Å². The monoisotopic (exact) mass is 259 g/mol. The molecule has 0 aliphatic carbocycles. The molecule has 5 heteroatoms. The van der Waals surface area contributed by atoms with Crippen molar-refractivity contribution in [1.29, 1.82) is 0 Å². The molecule has 0 N–H and O–H groups in total. The van der Waals surface area contributed by atoms with Crippen LogP contribution in [0.15, 0.2) is 41.5 Å². The first kappa shape index (κ1) is 11.2. The lowest BCUT2D eigenvalue weighted by Gasteiger charge is -2.04. The molecule has 0 radical (unpaired) electrons. The van der Waals surface area contributed by atoms with E-state index in [-0.39, 0.29) is 5.56 Å². The van der Waals surface area contributed by atoms with E-state index in [0.29, 0.717) is 6.54 Å². The van der Waals surface area contributed by atoms with Crippen molar-refractivity contribution in [2.75, 3.05) is 0 Å². The second kappa shape index (κ2) is 4.42. The van der Waals surface area contributed by atoms with Crippen LogP contribution in [-0.4, -0.2) is 13.5 Å². The molecule has 0 aliphatic heterocycles. The lowest BCUT2D eigenvalue weighted by molar-refractivity contribution is 0.587. The normalized spacial score (nSPS) is 11.2. The number of hydrogen-bond acceptors (Lipinski definition) is 3. The maximum Gasteiger partial charge on any atom is 0.268 e. The Kier molecular flexibility index (Phi) is 2.76. The number of hydrogen-bond donors (Lipinski definition) is 0. The van der Waals surface area contributed by atoms with Gasteiger partial charge >= 0.3 is 0 Å². The van der Waals surface area contributed by atoms with E-state index in [1.807, 2.05) is 41.3 Å². The molecule has 0 atom stereocenters. The van der Waals surface area contributed by atoms with E-state index in [9.17, 15) is 4.79 Å². The van der Waals surface area contributed by atoms with E-state index in [1.165, 1.54) is 11.5 Å². The average molecular weight is 259 g/mol. The molecular weight excluding hydrogens is 246 g/mol. The molecule has 0 amide bonds. The molecule has 0 fully saturated rings. The fourth-order valence-electron chi connectivity index (χ4n) is 2.00. The Labute approximate surface area is 108 Å². The Morgan fingerprint density at radius 3 is 2.83 bits per heavy atom. The minimum atomic E-state index is 0.105.